The first-order valence-corrected chi connectivity index (χ1v) is 9.80. The van der Waals surface area contributed by atoms with Gasteiger partial charge in [-0.25, -0.2) is 9.97 Å². The summed E-state index contributed by atoms with van der Waals surface area (Å²) >= 11 is 0. The first-order chi connectivity index (χ1) is 14.1. The fraction of sp³-hybridized carbons (Fsp3) is 0.429. The van der Waals surface area contributed by atoms with Crippen molar-refractivity contribution in [3.63, 3.8) is 0 Å². The minimum absolute atomic E-state index is 0.0291. The summed E-state index contributed by atoms with van der Waals surface area (Å²) in [6.45, 7) is 1.65. The van der Waals surface area contributed by atoms with Crippen LogP contribution in [0, 0.1) is 5.92 Å². The number of anilines is 1. The number of amides is 2. The zero-order chi connectivity index (χ0) is 20.2. The fourth-order valence-electron chi connectivity index (χ4n) is 3.87. The van der Waals surface area contributed by atoms with E-state index in [0.717, 1.165) is 18.5 Å². The summed E-state index contributed by atoms with van der Waals surface area (Å²) in [4.78, 5) is 37.0. The number of hydrogen-bond acceptors (Lipinski definition) is 6. The van der Waals surface area contributed by atoms with Gasteiger partial charge in [-0.3, -0.25) is 9.59 Å². The van der Waals surface area contributed by atoms with Crippen LogP contribution in [0.4, 0.5) is 5.69 Å². The minimum atomic E-state index is -0.312. The van der Waals surface area contributed by atoms with Crippen molar-refractivity contribution in [2.45, 2.75) is 25.4 Å². The highest BCUT2D eigenvalue weighted by atomic mass is 16.5. The molecule has 29 heavy (non-hydrogen) atoms. The van der Waals surface area contributed by atoms with E-state index in [2.05, 4.69) is 9.97 Å². The molecule has 2 saturated heterocycles. The molecular formula is C21H24N4O4. The Bertz CT molecular complexity index is 868. The molecule has 4 rings (SSSR count). The lowest BCUT2D eigenvalue weighted by Crippen LogP contribution is -2.45. The second-order valence-electron chi connectivity index (χ2n) is 7.30. The molecule has 152 valence electrons. The van der Waals surface area contributed by atoms with Crippen LogP contribution in [0.3, 0.4) is 0 Å². The topological polar surface area (TPSA) is 84.9 Å². The number of methoxy groups -OCH3 is 1. The predicted molar refractivity (Wildman–Crippen MR) is 106 cm³/mol. The highest BCUT2D eigenvalue weighted by Crippen LogP contribution is 2.29. The molecule has 0 radical (unpaired) electrons. The summed E-state index contributed by atoms with van der Waals surface area (Å²) in [5.41, 5.74) is 0.765. The molecule has 1 unspecified atom stereocenters. The molecular weight excluding hydrogens is 372 g/mol. The van der Waals surface area contributed by atoms with Crippen LogP contribution in [-0.4, -0.2) is 59.5 Å². The average molecular weight is 396 g/mol. The summed E-state index contributed by atoms with van der Waals surface area (Å²) < 4.78 is 11.1. The molecule has 2 aromatic rings. The summed E-state index contributed by atoms with van der Waals surface area (Å²) in [6, 6.07) is 9.10. The van der Waals surface area contributed by atoms with Gasteiger partial charge in [-0.05, 0) is 12.1 Å². The number of rotatable bonds is 5. The normalized spacial score (nSPS) is 20.0. The summed E-state index contributed by atoms with van der Waals surface area (Å²) in [5.74, 6) is 0.951. The first-order valence-electron chi connectivity index (χ1n) is 9.80. The molecule has 3 heterocycles. The van der Waals surface area contributed by atoms with Gasteiger partial charge in [-0.2, -0.15) is 0 Å². The van der Waals surface area contributed by atoms with Crippen LogP contribution in [0.1, 0.15) is 19.3 Å². The van der Waals surface area contributed by atoms with Crippen LogP contribution < -0.4 is 14.4 Å². The largest absolute Gasteiger partial charge is 0.497 e. The van der Waals surface area contributed by atoms with Crippen molar-refractivity contribution in [3.8, 4) is 11.6 Å². The number of ether oxygens (including phenoxy) is 2. The molecule has 0 aliphatic carbocycles. The van der Waals surface area contributed by atoms with Crippen molar-refractivity contribution in [1.29, 1.82) is 0 Å². The van der Waals surface area contributed by atoms with Crippen LogP contribution in [-0.2, 0) is 9.59 Å². The van der Waals surface area contributed by atoms with Gasteiger partial charge in [0.05, 0.1) is 13.0 Å². The Labute approximate surface area is 169 Å². The Hall–Kier alpha value is -3.16. The van der Waals surface area contributed by atoms with Crippen molar-refractivity contribution in [2.75, 3.05) is 31.6 Å². The number of hydrogen-bond donors (Lipinski definition) is 0. The lowest BCUT2D eigenvalue weighted by Gasteiger charge is -2.33. The standard InChI is InChI=1S/C21H24N4O4/c1-28-18-4-2-3-16(12-18)25-13-15(11-20(25)26)21(27)24-9-6-17(7-10-24)29-19-5-8-22-14-23-19/h2-5,8,12,14-15,17H,6-7,9-11,13H2,1H3. The molecule has 1 aromatic heterocycles. The van der Waals surface area contributed by atoms with Gasteiger partial charge < -0.3 is 19.3 Å². The predicted octanol–water partition coefficient (Wildman–Crippen LogP) is 1.91. The SMILES string of the molecule is COc1cccc(N2CC(C(=O)N3CCC(Oc4ccncn4)CC3)CC2=O)c1. The smallest absolute Gasteiger partial charge is 0.228 e. The van der Waals surface area contributed by atoms with Crippen molar-refractivity contribution in [2.24, 2.45) is 5.92 Å². The minimum Gasteiger partial charge on any atom is -0.497 e. The summed E-state index contributed by atoms with van der Waals surface area (Å²) in [6.07, 6.45) is 4.87. The van der Waals surface area contributed by atoms with Crippen molar-refractivity contribution < 1.29 is 19.1 Å². The van der Waals surface area contributed by atoms with E-state index in [0.29, 0.717) is 31.3 Å². The lowest BCUT2D eigenvalue weighted by atomic mass is 10.0. The van der Waals surface area contributed by atoms with E-state index in [1.54, 1.807) is 24.3 Å². The molecule has 0 spiro atoms. The summed E-state index contributed by atoms with van der Waals surface area (Å²) in [7, 11) is 1.59. The lowest BCUT2D eigenvalue weighted by molar-refractivity contribution is -0.137. The van der Waals surface area contributed by atoms with E-state index in [9.17, 15) is 9.59 Å². The van der Waals surface area contributed by atoms with Crippen molar-refractivity contribution in [3.05, 3.63) is 42.9 Å². The van der Waals surface area contributed by atoms with Crippen molar-refractivity contribution in [1.82, 2.24) is 14.9 Å². The van der Waals surface area contributed by atoms with Crippen LogP contribution in [0.15, 0.2) is 42.9 Å². The quantitative estimate of drug-likeness (QED) is 0.768. The molecule has 0 bridgehead atoms. The monoisotopic (exact) mass is 396 g/mol. The van der Waals surface area contributed by atoms with Gasteiger partial charge in [-0.1, -0.05) is 6.07 Å². The summed E-state index contributed by atoms with van der Waals surface area (Å²) in [5, 5.41) is 0. The van der Waals surface area contributed by atoms with Crippen LogP contribution in [0.2, 0.25) is 0 Å². The van der Waals surface area contributed by atoms with E-state index in [1.165, 1.54) is 6.33 Å². The molecule has 2 aliphatic heterocycles. The van der Waals surface area contributed by atoms with E-state index < -0.39 is 0 Å². The maximum absolute atomic E-state index is 13.0. The number of likely N-dealkylation sites (tertiary alicyclic amines) is 1. The zero-order valence-electron chi connectivity index (χ0n) is 16.4. The van der Waals surface area contributed by atoms with E-state index in [1.807, 2.05) is 29.2 Å². The van der Waals surface area contributed by atoms with Gasteiger partial charge in [0.1, 0.15) is 18.2 Å². The zero-order valence-corrected chi connectivity index (χ0v) is 16.4. The Morgan fingerprint density at radius 1 is 1.21 bits per heavy atom. The van der Waals surface area contributed by atoms with Gasteiger partial charge in [-0.15, -0.1) is 0 Å². The Balaban J connectivity index is 1.33. The van der Waals surface area contributed by atoms with Crippen LogP contribution in [0.5, 0.6) is 11.6 Å². The van der Waals surface area contributed by atoms with E-state index in [-0.39, 0.29) is 30.3 Å². The van der Waals surface area contributed by atoms with Gasteiger partial charge in [0, 0.05) is 62.9 Å². The average Bonchev–Trinajstić information content (AvgIpc) is 3.16. The fourth-order valence-corrected chi connectivity index (χ4v) is 3.87. The molecule has 2 fully saturated rings. The Kier molecular flexibility index (Phi) is 5.59. The maximum Gasteiger partial charge on any atom is 0.228 e. The first kappa shape index (κ1) is 19.2. The molecule has 2 aliphatic rings. The highest BCUT2D eigenvalue weighted by Gasteiger charge is 2.38. The Morgan fingerprint density at radius 2 is 2.03 bits per heavy atom. The molecule has 2 amide bonds. The number of piperidine rings is 1. The van der Waals surface area contributed by atoms with Crippen LogP contribution >= 0.6 is 0 Å². The van der Waals surface area contributed by atoms with E-state index in [4.69, 9.17) is 9.47 Å². The number of aromatic nitrogens is 2. The third-order valence-electron chi connectivity index (χ3n) is 5.44. The highest BCUT2D eigenvalue weighted by molar-refractivity contribution is 6.00. The molecule has 0 N–H and O–H groups in total. The second kappa shape index (κ2) is 8.46. The molecule has 8 nitrogen and oxygen atoms in total. The van der Waals surface area contributed by atoms with Gasteiger partial charge in [0.2, 0.25) is 17.7 Å². The number of nitrogens with zero attached hydrogens (tertiary/aromatic N) is 4. The van der Waals surface area contributed by atoms with Gasteiger partial charge in [0.15, 0.2) is 0 Å². The maximum atomic E-state index is 13.0. The van der Waals surface area contributed by atoms with E-state index >= 15 is 0 Å². The number of benzene rings is 1. The Morgan fingerprint density at radius 3 is 2.76 bits per heavy atom. The third kappa shape index (κ3) is 4.31. The molecule has 1 aromatic carbocycles. The van der Waals surface area contributed by atoms with Crippen LogP contribution in [0.25, 0.3) is 0 Å². The third-order valence-corrected chi connectivity index (χ3v) is 5.44. The molecule has 1 atom stereocenters. The van der Waals surface area contributed by atoms with Crippen molar-refractivity contribution >= 4 is 17.5 Å². The van der Waals surface area contributed by atoms with Gasteiger partial charge >= 0.3 is 0 Å². The molecule has 8 heteroatoms. The molecule has 0 saturated carbocycles. The second-order valence-corrected chi connectivity index (χ2v) is 7.30. The number of carbonyl (C=O) groups excluding carboxylic acids is 2. The van der Waals surface area contributed by atoms with Gasteiger partial charge in [0.25, 0.3) is 0 Å². The number of carbonyl (C=O) groups is 2.